The third-order valence-corrected chi connectivity index (χ3v) is 4.40. The molecular weight excluding hydrogens is 324 g/mol. The second-order valence-corrected chi connectivity index (χ2v) is 6.47. The van der Waals surface area contributed by atoms with E-state index in [1.807, 2.05) is 78.3 Å². The molecular formula is C21H20N4O. The zero-order chi connectivity index (χ0) is 18.1. The standard InChI is InChI=1S/C21H20N4O/c1-24(2)20-8-6-17(11-22-20)19-13-25-12-18(7-9-21(25)23-19)16-5-3-4-15(10-16)14-26/h3-13,26H,14H2,1-2H3. The molecule has 0 aliphatic carbocycles. The Morgan fingerprint density at radius 2 is 1.81 bits per heavy atom. The smallest absolute Gasteiger partial charge is 0.137 e. The predicted octanol–water partition coefficient (Wildman–Crippen LogP) is 3.62. The van der Waals surface area contributed by atoms with Crippen LogP contribution in [0.5, 0.6) is 0 Å². The van der Waals surface area contributed by atoms with Crippen LogP contribution in [0, 0.1) is 0 Å². The molecule has 26 heavy (non-hydrogen) atoms. The summed E-state index contributed by atoms with van der Waals surface area (Å²) in [5.41, 5.74) is 5.83. The number of hydrogen-bond acceptors (Lipinski definition) is 4. The van der Waals surface area contributed by atoms with Crippen molar-refractivity contribution < 1.29 is 5.11 Å². The van der Waals surface area contributed by atoms with Crippen LogP contribution >= 0.6 is 0 Å². The number of imidazole rings is 1. The Bertz CT molecular complexity index is 1050. The van der Waals surface area contributed by atoms with E-state index >= 15 is 0 Å². The molecule has 0 unspecified atom stereocenters. The fourth-order valence-corrected chi connectivity index (χ4v) is 2.95. The Morgan fingerprint density at radius 3 is 2.54 bits per heavy atom. The minimum Gasteiger partial charge on any atom is -0.392 e. The number of hydrogen-bond donors (Lipinski definition) is 1. The van der Waals surface area contributed by atoms with Crippen LogP contribution in [0.3, 0.4) is 0 Å². The molecule has 0 fully saturated rings. The Kier molecular flexibility index (Phi) is 4.14. The molecule has 0 saturated carbocycles. The van der Waals surface area contributed by atoms with E-state index in [9.17, 15) is 5.11 Å². The van der Waals surface area contributed by atoms with Crippen molar-refractivity contribution in [3.63, 3.8) is 0 Å². The van der Waals surface area contributed by atoms with Crippen molar-refractivity contribution in [1.29, 1.82) is 0 Å². The average molecular weight is 344 g/mol. The fraction of sp³-hybridized carbons (Fsp3) is 0.143. The van der Waals surface area contributed by atoms with Crippen LogP contribution in [0.1, 0.15) is 5.56 Å². The normalized spacial score (nSPS) is 11.0. The highest BCUT2D eigenvalue weighted by molar-refractivity contribution is 5.68. The van der Waals surface area contributed by atoms with E-state index < -0.39 is 0 Å². The second kappa shape index (κ2) is 6.61. The summed E-state index contributed by atoms with van der Waals surface area (Å²) >= 11 is 0. The zero-order valence-corrected chi connectivity index (χ0v) is 14.8. The summed E-state index contributed by atoms with van der Waals surface area (Å²) in [4.78, 5) is 11.1. The predicted molar refractivity (Wildman–Crippen MR) is 104 cm³/mol. The first kappa shape index (κ1) is 16.3. The largest absolute Gasteiger partial charge is 0.392 e. The Labute approximate surface area is 152 Å². The zero-order valence-electron chi connectivity index (χ0n) is 14.8. The van der Waals surface area contributed by atoms with Crippen LogP contribution in [0.4, 0.5) is 5.82 Å². The van der Waals surface area contributed by atoms with Gasteiger partial charge in [0.2, 0.25) is 0 Å². The maximum Gasteiger partial charge on any atom is 0.137 e. The van der Waals surface area contributed by atoms with Crippen LogP contribution in [0.2, 0.25) is 0 Å². The Balaban J connectivity index is 1.71. The first-order valence-electron chi connectivity index (χ1n) is 8.47. The minimum absolute atomic E-state index is 0.0429. The van der Waals surface area contributed by atoms with Gasteiger partial charge in [-0.1, -0.05) is 18.2 Å². The van der Waals surface area contributed by atoms with Crippen LogP contribution < -0.4 is 4.90 Å². The lowest BCUT2D eigenvalue weighted by Gasteiger charge is -2.10. The molecule has 0 saturated heterocycles. The lowest BCUT2D eigenvalue weighted by Crippen LogP contribution is -2.09. The molecule has 1 N–H and O–H groups in total. The van der Waals surface area contributed by atoms with Crippen molar-refractivity contribution >= 4 is 11.5 Å². The molecule has 1 aromatic carbocycles. The van der Waals surface area contributed by atoms with Gasteiger partial charge in [0.15, 0.2) is 0 Å². The van der Waals surface area contributed by atoms with E-state index in [1.54, 1.807) is 0 Å². The molecule has 4 aromatic rings. The number of pyridine rings is 2. The summed E-state index contributed by atoms with van der Waals surface area (Å²) in [6.07, 6.45) is 5.92. The maximum absolute atomic E-state index is 9.34. The highest BCUT2D eigenvalue weighted by atomic mass is 16.3. The fourth-order valence-electron chi connectivity index (χ4n) is 2.95. The second-order valence-electron chi connectivity index (χ2n) is 6.47. The first-order chi connectivity index (χ1) is 12.6. The van der Waals surface area contributed by atoms with Crippen molar-refractivity contribution in [3.05, 3.63) is 72.7 Å². The number of rotatable bonds is 4. The number of aliphatic hydroxyl groups is 1. The summed E-state index contributed by atoms with van der Waals surface area (Å²) in [7, 11) is 3.94. The number of nitrogens with zero attached hydrogens (tertiary/aromatic N) is 4. The molecule has 5 nitrogen and oxygen atoms in total. The number of anilines is 1. The third kappa shape index (κ3) is 3.05. The third-order valence-electron chi connectivity index (χ3n) is 4.40. The van der Waals surface area contributed by atoms with Crippen LogP contribution in [0.25, 0.3) is 28.0 Å². The molecule has 5 heteroatoms. The van der Waals surface area contributed by atoms with Gasteiger partial charge >= 0.3 is 0 Å². The van der Waals surface area contributed by atoms with Gasteiger partial charge in [0, 0.05) is 38.2 Å². The van der Waals surface area contributed by atoms with Gasteiger partial charge in [0.05, 0.1) is 12.3 Å². The number of aliphatic hydroxyl groups excluding tert-OH is 1. The van der Waals surface area contributed by atoms with E-state index in [0.29, 0.717) is 0 Å². The topological polar surface area (TPSA) is 53.7 Å². The van der Waals surface area contributed by atoms with Gasteiger partial charge < -0.3 is 14.4 Å². The lowest BCUT2D eigenvalue weighted by molar-refractivity contribution is 0.282. The monoisotopic (exact) mass is 344 g/mol. The minimum atomic E-state index is 0.0429. The number of fused-ring (bicyclic) bond motifs is 1. The van der Waals surface area contributed by atoms with Gasteiger partial charge in [-0.25, -0.2) is 9.97 Å². The quantitative estimate of drug-likeness (QED) is 0.614. The molecule has 0 bridgehead atoms. The highest BCUT2D eigenvalue weighted by Crippen LogP contribution is 2.24. The van der Waals surface area contributed by atoms with Gasteiger partial charge in [-0.2, -0.15) is 0 Å². The van der Waals surface area contributed by atoms with Crippen LogP contribution in [0.15, 0.2) is 67.1 Å². The van der Waals surface area contributed by atoms with Gasteiger partial charge in [-0.15, -0.1) is 0 Å². The summed E-state index contributed by atoms with van der Waals surface area (Å²) in [6.45, 7) is 0.0429. The number of benzene rings is 1. The molecule has 0 spiro atoms. The van der Waals surface area contributed by atoms with Crippen molar-refractivity contribution in [2.24, 2.45) is 0 Å². The molecule has 0 amide bonds. The molecule has 0 radical (unpaired) electrons. The van der Waals surface area contributed by atoms with Crippen molar-refractivity contribution in [2.75, 3.05) is 19.0 Å². The van der Waals surface area contributed by atoms with E-state index in [4.69, 9.17) is 4.98 Å². The summed E-state index contributed by atoms with van der Waals surface area (Å²) < 4.78 is 2.02. The van der Waals surface area contributed by atoms with Crippen molar-refractivity contribution in [2.45, 2.75) is 6.61 Å². The average Bonchev–Trinajstić information content (AvgIpc) is 3.11. The van der Waals surface area contributed by atoms with Crippen molar-refractivity contribution in [1.82, 2.24) is 14.4 Å². The van der Waals surface area contributed by atoms with Gasteiger partial charge in [-0.3, -0.25) is 0 Å². The van der Waals surface area contributed by atoms with Gasteiger partial charge in [0.1, 0.15) is 11.5 Å². The lowest BCUT2D eigenvalue weighted by atomic mass is 10.1. The van der Waals surface area contributed by atoms with Gasteiger partial charge in [0.25, 0.3) is 0 Å². The molecule has 3 heterocycles. The highest BCUT2D eigenvalue weighted by Gasteiger charge is 2.07. The van der Waals surface area contributed by atoms with E-state index in [1.165, 1.54) is 0 Å². The van der Waals surface area contributed by atoms with E-state index in [2.05, 4.69) is 17.2 Å². The Morgan fingerprint density at radius 1 is 0.962 bits per heavy atom. The molecule has 0 atom stereocenters. The van der Waals surface area contributed by atoms with Crippen LogP contribution in [-0.2, 0) is 6.61 Å². The first-order valence-corrected chi connectivity index (χ1v) is 8.47. The molecule has 3 aromatic heterocycles. The molecule has 0 aliphatic rings. The molecule has 4 rings (SSSR count). The number of aromatic nitrogens is 3. The van der Waals surface area contributed by atoms with E-state index in [0.717, 1.165) is 39.4 Å². The molecule has 0 aliphatic heterocycles. The van der Waals surface area contributed by atoms with Crippen LogP contribution in [-0.4, -0.2) is 33.6 Å². The van der Waals surface area contributed by atoms with Gasteiger partial charge in [-0.05, 0) is 47.0 Å². The summed E-state index contributed by atoms with van der Waals surface area (Å²) in [5.74, 6) is 0.920. The van der Waals surface area contributed by atoms with Crippen molar-refractivity contribution in [3.8, 4) is 22.4 Å². The summed E-state index contributed by atoms with van der Waals surface area (Å²) in [6, 6.07) is 16.0. The molecule has 130 valence electrons. The summed E-state index contributed by atoms with van der Waals surface area (Å²) in [5, 5.41) is 9.34. The van der Waals surface area contributed by atoms with E-state index in [-0.39, 0.29) is 6.61 Å². The SMILES string of the molecule is CN(C)c1ccc(-c2cn3cc(-c4cccc(CO)c4)ccc3n2)cn1. The Hall–Kier alpha value is -3.18. The maximum atomic E-state index is 9.34.